The number of hydrogen-bond donors (Lipinski definition) is 0. The van der Waals surface area contributed by atoms with Gasteiger partial charge >= 0.3 is 0 Å². The van der Waals surface area contributed by atoms with Crippen LogP contribution in [0.15, 0.2) is 12.2 Å². The number of allylic oxidation sites excluding steroid dienone is 1. The summed E-state index contributed by atoms with van der Waals surface area (Å²) in [6.07, 6.45) is 19.6. The molecule has 4 aliphatic carbocycles. The molecule has 0 aromatic carbocycles. The summed E-state index contributed by atoms with van der Waals surface area (Å²) in [6.45, 7) is 8.95. The third kappa shape index (κ3) is 3.10. The lowest BCUT2D eigenvalue weighted by Crippen LogP contribution is -2.53. The third-order valence-electron chi connectivity index (χ3n) is 10.0. The average Bonchev–Trinajstić information content (AvgIpc) is 3.02. The Morgan fingerprint density at radius 2 is 1.81 bits per heavy atom. The molecule has 0 aliphatic heterocycles. The molecular weight excluding hydrogens is 331 g/mol. The maximum Gasteiger partial charge on any atom is 0.104 e. The Hall–Kier alpha value is -0.770. The van der Waals surface area contributed by atoms with Crippen molar-refractivity contribution in [1.82, 2.24) is 0 Å². The summed E-state index contributed by atoms with van der Waals surface area (Å²) < 4.78 is 15.3. The first kappa shape index (κ1) is 19.5. The molecule has 4 aliphatic rings. The van der Waals surface area contributed by atoms with Crippen LogP contribution in [0.2, 0.25) is 0 Å². The van der Waals surface area contributed by atoms with Crippen LogP contribution in [0.25, 0.3) is 0 Å². The number of terminal acetylenes is 1. The smallest absolute Gasteiger partial charge is 0.104 e. The Morgan fingerprint density at radius 1 is 1.04 bits per heavy atom. The molecule has 4 fully saturated rings. The predicted octanol–water partition coefficient (Wildman–Crippen LogP) is 7.34. The Labute approximate surface area is 166 Å². The van der Waals surface area contributed by atoms with Crippen molar-refractivity contribution in [1.29, 1.82) is 0 Å². The molecule has 7 unspecified atom stereocenters. The number of fused-ring (bicyclic) bond motifs is 5. The molecule has 4 rings (SSSR count). The SMILES string of the molecule is C#CC(=C)CC[C@@H](F)C1CCC2C3CCC4CCCCC4(C)C3CCC21C. The van der Waals surface area contributed by atoms with Crippen LogP contribution in [0, 0.1) is 52.8 Å². The first-order valence-electron chi connectivity index (χ1n) is 11.7. The molecule has 150 valence electrons. The van der Waals surface area contributed by atoms with E-state index in [1.165, 1.54) is 57.8 Å². The van der Waals surface area contributed by atoms with Gasteiger partial charge in [0, 0.05) is 0 Å². The lowest BCUT2D eigenvalue weighted by Gasteiger charge is -2.60. The van der Waals surface area contributed by atoms with Crippen LogP contribution in [0.3, 0.4) is 0 Å². The fourth-order valence-electron chi connectivity index (χ4n) is 8.52. The van der Waals surface area contributed by atoms with E-state index in [1.54, 1.807) is 0 Å². The number of halogens is 1. The molecule has 0 aromatic rings. The van der Waals surface area contributed by atoms with Gasteiger partial charge in [-0.3, -0.25) is 0 Å². The standard InChI is InChI=1S/C26H39F/c1-5-18(2)9-14-24(27)23-13-12-21-20-11-10-19-8-6-7-16-25(19,3)22(20)15-17-26(21,23)4/h1,19-24H,2,6-17H2,3-4H3/t19?,20?,21?,22?,23?,24-,25?,26?/m1/s1. The van der Waals surface area contributed by atoms with E-state index in [0.29, 0.717) is 18.3 Å². The van der Waals surface area contributed by atoms with Gasteiger partial charge in [-0.1, -0.05) is 39.2 Å². The number of alkyl halides is 1. The van der Waals surface area contributed by atoms with Crippen LogP contribution in [-0.4, -0.2) is 6.17 Å². The molecule has 0 nitrogen and oxygen atoms in total. The number of rotatable bonds is 4. The highest BCUT2D eigenvalue weighted by Crippen LogP contribution is 2.68. The van der Waals surface area contributed by atoms with E-state index in [2.05, 4.69) is 26.3 Å². The van der Waals surface area contributed by atoms with Gasteiger partial charge in [-0.2, -0.15) is 0 Å². The minimum absolute atomic E-state index is 0.218. The molecule has 0 heterocycles. The molecule has 4 saturated carbocycles. The van der Waals surface area contributed by atoms with Gasteiger partial charge < -0.3 is 0 Å². The second kappa shape index (κ2) is 7.24. The summed E-state index contributed by atoms with van der Waals surface area (Å²) in [5.74, 6) is 6.33. The molecule has 0 aromatic heterocycles. The van der Waals surface area contributed by atoms with Crippen molar-refractivity contribution in [3.63, 3.8) is 0 Å². The van der Waals surface area contributed by atoms with Gasteiger partial charge in [-0.05, 0) is 110 Å². The zero-order valence-corrected chi connectivity index (χ0v) is 17.6. The van der Waals surface area contributed by atoms with Crippen molar-refractivity contribution in [2.24, 2.45) is 40.4 Å². The van der Waals surface area contributed by atoms with Crippen molar-refractivity contribution >= 4 is 0 Å². The van der Waals surface area contributed by atoms with Crippen LogP contribution in [0.1, 0.15) is 90.9 Å². The summed E-state index contributed by atoms with van der Waals surface area (Å²) in [5, 5.41) is 0. The highest BCUT2D eigenvalue weighted by molar-refractivity contribution is 5.21. The normalized spacial score (nSPS) is 47.3. The molecule has 0 bridgehead atoms. The van der Waals surface area contributed by atoms with Crippen molar-refractivity contribution in [3.8, 4) is 12.3 Å². The zero-order chi connectivity index (χ0) is 19.2. The Kier molecular flexibility index (Phi) is 5.24. The van der Waals surface area contributed by atoms with E-state index >= 15 is 4.39 Å². The summed E-state index contributed by atoms with van der Waals surface area (Å²) in [7, 11) is 0. The van der Waals surface area contributed by atoms with Gasteiger partial charge in [0.1, 0.15) is 6.17 Å². The lowest BCUT2D eigenvalue weighted by molar-refractivity contribution is -0.115. The Morgan fingerprint density at radius 3 is 2.59 bits per heavy atom. The van der Waals surface area contributed by atoms with E-state index < -0.39 is 6.17 Å². The maximum absolute atomic E-state index is 15.3. The Bertz CT molecular complexity index is 614. The van der Waals surface area contributed by atoms with Crippen LogP contribution in [0.5, 0.6) is 0 Å². The van der Waals surface area contributed by atoms with Gasteiger partial charge in [-0.15, -0.1) is 6.42 Å². The van der Waals surface area contributed by atoms with Crippen LogP contribution < -0.4 is 0 Å². The fourth-order valence-corrected chi connectivity index (χ4v) is 8.52. The molecule has 1 heteroatoms. The van der Waals surface area contributed by atoms with Gasteiger partial charge in [-0.25, -0.2) is 4.39 Å². The topological polar surface area (TPSA) is 0 Å². The van der Waals surface area contributed by atoms with E-state index in [9.17, 15) is 0 Å². The summed E-state index contributed by atoms with van der Waals surface area (Å²) in [6, 6.07) is 0. The number of hydrogen-bond acceptors (Lipinski definition) is 0. The Balaban J connectivity index is 1.50. The van der Waals surface area contributed by atoms with Gasteiger partial charge in [0.05, 0.1) is 0 Å². The maximum atomic E-state index is 15.3. The lowest BCUT2D eigenvalue weighted by atomic mass is 9.44. The molecule has 0 amide bonds. The zero-order valence-electron chi connectivity index (χ0n) is 17.6. The quantitative estimate of drug-likeness (QED) is 0.454. The molecule has 27 heavy (non-hydrogen) atoms. The first-order valence-corrected chi connectivity index (χ1v) is 11.7. The minimum Gasteiger partial charge on any atom is -0.247 e. The van der Waals surface area contributed by atoms with Crippen LogP contribution in [-0.2, 0) is 0 Å². The van der Waals surface area contributed by atoms with Gasteiger partial charge in [0.25, 0.3) is 0 Å². The van der Waals surface area contributed by atoms with Crippen molar-refractivity contribution in [3.05, 3.63) is 12.2 Å². The van der Waals surface area contributed by atoms with Crippen LogP contribution >= 0.6 is 0 Å². The van der Waals surface area contributed by atoms with Crippen molar-refractivity contribution < 1.29 is 4.39 Å². The monoisotopic (exact) mass is 370 g/mol. The highest BCUT2D eigenvalue weighted by Gasteiger charge is 2.60. The van der Waals surface area contributed by atoms with E-state index in [1.807, 2.05) is 0 Å². The average molecular weight is 371 g/mol. The van der Waals surface area contributed by atoms with E-state index in [0.717, 1.165) is 35.7 Å². The second-order valence-corrected chi connectivity index (χ2v) is 10.9. The molecule has 0 N–H and O–H groups in total. The van der Waals surface area contributed by atoms with Gasteiger partial charge in [0.2, 0.25) is 0 Å². The van der Waals surface area contributed by atoms with E-state index in [4.69, 9.17) is 6.42 Å². The third-order valence-corrected chi connectivity index (χ3v) is 10.0. The highest BCUT2D eigenvalue weighted by atomic mass is 19.1. The predicted molar refractivity (Wildman–Crippen MR) is 112 cm³/mol. The van der Waals surface area contributed by atoms with Crippen LogP contribution in [0.4, 0.5) is 4.39 Å². The molecule has 0 radical (unpaired) electrons. The molecular formula is C26H39F. The largest absolute Gasteiger partial charge is 0.247 e. The van der Waals surface area contributed by atoms with Gasteiger partial charge in [0.15, 0.2) is 0 Å². The summed E-state index contributed by atoms with van der Waals surface area (Å²) in [5.41, 5.74) is 1.56. The molecule has 0 saturated heterocycles. The molecule has 8 atom stereocenters. The first-order chi connectivity index (χ1) is 12.9. The minimum atomic E-state index is -0.705. The second-order valence-electron chi connectivity index (χ2n) is 10.9. The van der Waals surface area contributed by atoms with E-state index in [-0.39, 0.29) is 11.3 Å². The van der Waals surface area contributed by atoms with Crippen molar-refractivity contribution in [2.75, 3.05) is 0 Å². The van der Waals surface area contributed by atoms with Crippen molar-refractivity contribution in [2.45, 2.75) is 97.1 Å². The fraction of sp³-hybridized carbons (Fsp3) is 0.846. The molecule has 0 spiro atoms. The summed E-state index contributed by atoms with van der Waals surface area (Å²) >= 11 is 0. The summed E-state index contributed by atoms with van der Waals surface area (Å²) in [4.78, 5) is 0.